The molecule has 1 aromatic rings. The largest absolute Gasteiger partial charge is 0.478 e. The number of carboxylic acid groups (broad SMARTS) is 1. The summed E-state index contributed by atoms with van der Waals surface area (Å²) >= 11 is 0. The number of hydrogen-bond acceptors (Lipinski definition) is 4. The van der Waals surface area contributed by atoms with E-state index in [-0.39, 0.29) is 11.4 Å². The van der Waals surface area contributed by atoms with Crippen LogP contribution < -0.4 is 5.48 Å². The quantitative estimate of drug-likeness (QED) is 0.840. The lowest BCUT2D eigenvalue weighted by molar-refractivity contribution is -0.293. The highest BCUT2D eigenvalue weighted by molar-refractivity contribution is 6.00. The van der Waals surface area contributed by atoms with Crippen LogP contribution in [0.1, 0.15) is 29.8 Å². The molecule has 0 bridgehead atoms. The van der Waals surface area contributed by atoms with E-state index in [1.165, 1.54) is 13.8 Å². The van der Waals surface area contributed by atoms with Gasteiger partial charge >= 0.3 is 12.1 Å². The molecular formula is C13H12F4N2O3. The summed E-state index contributed by atoms with van der Waals surface area (Å²) in [5, 5.41) is 8.73. The predicted molar refractivity (Wildman–Crippen MR) is 67.7 cm³/mol. The van der Waals surface area contributed by atoms with Crippen LogP contribution in [0.5, 0.6) is 0 Å². The molecule has 0 saturated carbocycles. The number of halogens is 4. The summed E-state index contributed by atoms with van der Waals surface area (Å²) in [7, 11) is 0. The summed E-state index contributed by atoms with van der Waals surface area (Å²) < 4.78 is 53.2. The van der Waals surface area contributed by atoms with Crippen LogP contribution in [0.15, 0.2) is 23.2 Å². The number of hydroxylamine groups is 1. The van der Waals surface area contributed by atoms with Crippen molar-refractivity contribution in [1.82, 2.24) is 5.48 Å². The first-order valence-electron chi connectivity index (χ1n) is 6.22. The molecule has 5 nitrogen and oxygen atoms in total. The van der Waals surface area contributed by atoms with Gasteiger partial charge in [0, 0.05) is 11.5 Å². The van der Waals surface area contributed by atoms with Crippen LogP contribution in [0.25, 0.3) is 0 Å². The van der Waals surface area contributed by atoms with E-state index < -0.39 is 35.2 Å². The van der Waals surface area contributed by atoms with Crippen molar-refractivity contribution in [1.29, 1.82) is 0 Å². The molecule has 0 aromatic heterocycles. The first kappa shape index (κ1) is 16.2. The fraction of sp³-hybridized carbons (Fsp3) is 0.385. The van der Waals surface area contributed by atoms with E-state index in [1.54, 1.807) is 0 Å². The van der Waals surface area contributed by atoms with Crippen molar-refractivity contribution in [2.24, 2.45) is 10.9 Å². The third-order valence-electron chi connectivity index (χ3n) is 3.24. The number of carboxylic acids is 1. The van der Waals surface area contributed by atoms with E-state index in [2.05, 4.69) is 9.83 Å². The van der Waals surface area contributed by atoms with Crippen LogP contribution in [0.2, 0.25) is 0 Å². The standard InChI is InChI=1S/C13H12F4N2O3/c1-6(2)12(13(15,16)17)18-10(19-22-12)7-3-4-8(11(20)21)9(14)5-7/h3-6H,1-2H3,(H,18,19)(H,20,21). The molecule has 2 rings (SSSR count). The molecule has 1 aromatic carbocycles. The van der Waals surface area contributed by atoms with Gasteiger partial charge in [-0.3, -0.25) is 0 Å². The van der Waals surface area contributed by atoms with Crippen molar-refractivity contribution < 1.29 is 32.3 Å². The molecule has 1 atom stereocenters. The average molecular weight is 320 g/mol. The highest BCUT2D eigenvalue weighted by Crippen LogP contribution is 2.42. The van der Waals surface area contributed by atoms with Crippen LogP contribution in [0, 0.1) is 11.7 Å². The molecule has 0 aliphatic carbocycles. The number of amidine groups is 1. The summed E-state index contributed by atoms with van der Waals surface area (Å²) in [5.74, 6) is -3.90. The Kier molecular flexibility index (Phi) is 3.86. The van der Waals surface area contributed by atoms with Gasteiger partial charge in [-0.1, -0.05) is 19.9 Å². The molecule has 120 valence electrons. The number of hydrogen-bond donors (Lipinski definition) is 2. The number of benzene rings is 1. The van der Waals surface area contributed by atoms with Gasteiger partial charge in [0.15, 0.2) is 5.84 Å². The zero-order valence-electron chi connectivity index (χ0n) is 11.5. The highest BCUT2D eigenvalue weighted by atomic mass is 19.4. The minimum atomic E-state index is -4.77. The summed E-state index contributed by atoms with van der Waals surface area (Å²) in [6.07, 6.45) is -4.77. The minimum absolute atomic E-state index is 0.0470. The average Bonchev–Trinajstić information content (AvgIpc) is 2.83. The fourth-order valence-corrected chi connectivity index (χ4v) is 1.99. The molecule has 1 heterocycles. The maximum absolute atomic E-state index is 13.6. The molecule has 9 heteroatoms. The van der Waals surface area contributed by atoms with Crippen molar-refractivity contribution in [3.8, 4) is 0 Å². The van der Waals surface area contributed by atoms with Crippen molar-refractivity contribution in [3.63, 3.8) is 0 Å². The lowest BCUT2D eigenvalue weighted by atomic mass is 9.99. The van der Waals surface area contributed by atoms with Crippen molar-refractivity contribution >= 4 is 11.8 Å². The molecule has 1 aliphatic rings. The van der Waals surface area contributed by atoms with Gasteiger partial charge in [-0.2, -0.15) is 13.2 Å². The normalized spacial score (nSPS) is 21.7. The molecule has 0 spiro atoms. The topological polar surface area (TPSA) is 70.9 Å². The zero-order chi connectivity index (χ0) is 16.7. The Morgan fingerprint density at radius 1 is 1.41 bits per heavy atom. The van der Waals surface area contributed by atoms with Crippen molar-refractivity contribution in [2.45, 2.75) is 25.7 Å². The summed E-state index contributed by atoms with van der Waals surface area (Å²) in [6, 6.07) is 2.88. The number of alkyl halides is 3. The van der Waals surface area contributed by atoms with Crippen LogP contribution in [0.3, 0.4) is 0 Å². The first-order valence-corrected chi connectivity index (χ1v) is 6.22. The van der Waals surface area contributed by atoms with Crippen LogP contribution in [0.4, 0.5) is 17.6 Å². The molecule has 0 radical (unpaired) electrons. The second-order valence-electron chi connectivity index (χ2n) is 5.01. The minimum Gasteiger partial charge on any atom is -0.478 e. The van der Waals surface area contributed by atoms with Crippen molar-refractivity contribution in [2.75, 3.05) is 0 Å². The van der Waals surface area contributed by atoms with Gasteiger partial charge in [-0.15, -0.1) is 0 Å². The van der Waals surface area contributed by atoms with Gasteiger partial charge in [0.05, 0.1) is 5.56 Å². The molecule has 1 aliphatic heterocycles. The van der Waals surface area contributed by atoms with Gasteiger partial charge < -0.3 is 5.11 Å². The van der Waals surface area contributed by atoms with Gasteiger partial charge in [-0.05, 0) is 12.1 Å². The van der Waals surface area contributed by atoms with E-state index in [0.29, 0.717) is 0 Å². The number of nitrogens with zero attached hydrogens (tertiary/aromatic N) is 1. The Morgan fingerprint density at radius 2 is 2.05 bits per heavy atom. The van der Waals surface area contributed by atoms with Gasteiger partial charge in [0.2, 0.25) is 0 Å². The third-order valence-corrected chi connectivity index (χ3v) is 3.24. The summed E-state index contributed by atoms with van der Waals surface area (Å²) in [4.78, 5) is 18.9. The first-order chi connectivity index (χ1) is 10.1. The van der Waals surface area contributed by atoms with Gasteiger partial charge in [0.1, 0.15) is 5.82 Å². The number of rotatable bonds is 3. The zero-order valence-corrected chi connectivity index (χ0v) is 11.5. The maximum atomic E-state index is 13.6. The Bertz CT molecular complexity index is 643. The Morgan fingerprint density at radius 3 is 2.45 bits per heavy atom. The maximum Gasteiger partial charge on any atom is 0.441 e. The van der Waals surface area contributed by atoms with Crippen molar-refractivity contribution in [3.05, 3.63) is 35.1 Å². The second-order valence-corrected chi connectivity index (χ2v) is 5.01. The van der Waals surface area contributed by atoms with Crippen LogP contribution in [-0.4, -0.2) is 28.8 Å². The predicted octanol–water partition coefficient (Wildman–Crippen LogP) is 2.72. The van der Waals surface area contributed by atoms with Gasteiger partial charge in [0.25, 0.3) is 5.72 Å². The molecule has 0 saturated heterocycles. The second kappa shape index (κ2) is 5.24. The summed E-state index contributed by atoms with van der Waals surface area (Å²) in [6.45, 7) is 2.57. The SMILES string of the molecule is CC(C)C1(C(F)(F)F)N=C(c2ccc(C(=O)O)c(F)c2)NO1. The molecule has 2 N–H and O–H groups in total. The Balaban J connectivity index is 2.45. The third kappa shape index (κ3) is 2.52. The van der Waals surface area contributed by atoms with E-state index >= 15 is 0 Å². The molecular weight excluding hydrogens is 308 g/mol. The Labute approximate surface area is 122 Å². The van der Waals surface area contributed by atoms with E-state index in [4.69, 9.17) is 5.11 Å². The Hall–Kier alpha value is -2.16. The van der Waals surface area contributed by atoms with E-state index in [0.717, 1.165) is 18.2 Å². The number of aliphatic imine (C=N–C) groups is 1. The highest BCUT2D eigenvalue weighted by Gasteiger charge is 2.62. The number of aromatic carboxylic acids is 1. The fourth-order valence-electron chi connectivity index (χ4n) is 1.99. The van der Waals surface area contributed by atoms with E-state index in [9.17, 15) is 22.4 Å². The number of nitrogens with one attached hydrogen (secondary N) is 1. The molecule has 0 fully saturated rings. The molecule has 1 unspecified atom stereocenters. The lowest BCUT2D eigenvalue weighted by Gasteiger charge is -2.29. The smallest absolute Gasteiger partial charge is 0.441 e. The van der Waals surface area contributed by atoms with Crippen LogP contribution >= 0.6 is 0 Å². The number of carbonyl (C=O) groups is 1. The lowest BCUT2D eigenvalue weighted by Crippen LogP contribution is -2.49. The van der Waals surface area contributed by atoms with Gasteiger partial charge in [-0.25, -0.2) is 24.5 Å². The van der Waals surface area contributed by atoms with Crippen LogP contribution in [-0.2, 0) is 4.84 Å². The molecule has 22 heavy (non-hydrogen) atoms. The summed E-state index contributed by atoms with van der Waals surface area (Å²) in [5.41, 5.74) is -1.37. The van der Waals surface area contributed by atoms with E-state index in [1.807, 2.05) is 5.48 Å². The molecule has 0 amide bonds. The monoisotopic (exact) mass is 320 g/mol.